The number of nitrogens with zero attached hydrogens (tertiary/aromatic N) is 3. The molecule has 1 unspecified atom stereocenters. The van der Waals surface area contributed by atoms with Crippen LogP contribution in [0.2, 0.25) is 10.0 Å². The quantitative estimate of drug-likeness (QED) is 0.826. The molecular formula is C12H10Cl2N5OS+. The van der Waals surface area contributed by atoms with Gasteiger partial charge in [-0.15, -0.1) is 0 Å². The zero-order valence-electron chi connectivity index (χ0n) is 10.6. The summed E-state index contributed by atoms with van der Waals surface area (Å²) in [6.45, 7) is 0.507. The van der Waals surface area contributed by atoms with Crippen molar-refractivity contribution in [3.8, 4) is 0 Å². The van der Waals surface area contributed by atoms with Crippen LogP contribution in [0.3, 0.4) is 0 Å². The van der Waals surface area contributed by atoms with Crippen molar-refractivity contribution in [2.24, 2.45) is 10.7 Å². The third-order valence-electron chi connectivity index (χ3n) is 2.90. The van der Waals surface area contributed by atoms with Gasteiger partial charge in [-0.2, -0.15) is 4.99 Å². The van der Waals surface area contributed by atoms with Gasteiger partial charge in [-0.1, -0.05) is 34.3 Å². The first-order chi connectivity index (χ1) is 10.1. The van der Waals surface area contributed by atoms with E-state index in [0.29, 0.717) is 21.8 Å². The molecule has 2 radical (unpaired) electrons. The lowest BCUT2D eigenvalue weighted by atomic mass is 10.2. The zero-order chi connectivity index (χ0) is 15.0. The number of benzene rings is 1. The van der Waals surface area contributed by atoms with Crippen LogP contribution in [-0.2, 0) is 6.54 Å². The number of hydrogen-bond acceptors (Lipinski definition) is 5. The maximum atomic E-state index is 11.6. The minimum absolute atomic E-state index is 0.339. The molecule has 21 heavy (non-hydrogen) atoms. The number of amidine groups is 1. The van der Waals surface area contributed by atoms with Gasteiger partial charge in [0.25, 0.3) is 0 Å². The summed E-state index contributed by atoms with van der Waals surface area (Å²) in [5.74, 6) is 0. The number of carbonyl (C=O) groups is 1. The highest BCUT2D eigenvalue weighted by atomic mass is 35.5. The summed E-state index contributed by atoms with van der Waals surface area (Å²) in [4.78, 5) is 15.6. The van der Waals surface area contributed by atoms with Crippen LogP contribution in [0.5, 0.6) is 0 Å². The fourth-order valence-corrected chi connectivity index (χ4v) is 3.29. The number of urea groups is 1. The van der Waals surface area contributed by atoms with Crippen molar-refractivity contribution < 1.29 is 4.79 Å². The molecule has 2 heterocycles. The number of carbonyl (C=O) groups excluding carboxylic acids is 1. The van der Waals surface area contributed by atoms with Crippen molar-refractivity contribution in [1.29, 1.82) is 0 Å². The molecule has 1 atom stereocenters. The Hall–Kier alpha value is -1.25. The van der Waals surface area contributed by atoms with E-state index in [2.05, 4.69) is 16.5 Å². The average molecular weight is 343 g/mol. The van der Waals surface area contributed by atoms with Crippen LogP contribution < -0.4 is 16.1 Å². The molecular weight excluding hydrogens is 333 g/mol. The molecule has 6 nitrogen and oxygen atoms in total. The van der Waals surface area contributed by atoms with Crippen molar-refractivity contribution in [3.63, 3.8) is 0 Å². The first-order valence-electron chi connectivity index (χ1n) is 5.94. The Bertz CT molecular complexity index is 651. The van der Waals surface area contributed by atoms with Crippen LogP contribution in [0, 0.1) is 6.20 Å². The molecule has 1 fully saturated rings. The van der Waals surface area contributed by atoms with E-state index in [1.807, 2.05) is 6.07 Å². The molecule has 108 valence electrons. The highest BCUT2D eigenvalue weighted by molar-refractivity contribution is 8.14. The Labute approximate surface area is 135 Å². The molecule has 0 bridgehead atoms. The first-order valence-corrected chi connectivity index (χ1v) is 7.58. The number of amides is 2. The smallest absolute Gasteiger partial charge is 0.347 e. The van der Waals surface area contributed by atoms with Gasteiger partial charge in [-0.25, -0.2) is 4.79 Å². The molecule has 3 rings (SSSR count). The van der Waals surface area contributed by atoms with Crippen LogP contribution in [0.15, 0.2) is 29.4 Å². The molecule has 2 aliphatic heterocycles. The average Bonchev–Trinajstić information content (AvgIpc) is 2.99. The lowest BCUT2D eigenvalue weighted by Crippen LogP contribution is -2.53. The molecule has 0 spiro atoms. The van der Waals surface area contributed by atoms with Crippen LogP contribution in [0.25, 0.3) is 0 Å². The molecule has 2 aliphatic rings. The van der Waals surface area contributed by atoms with Crippen molar-refractivity contribution in [3.05, 3.63) is 46.2 Å². The monoisotopic (exact) mass is 342 g/mol. The normalized spacial score (nSPS) is 20.8. The van der Waals surface area contributed by atoms with Crippen LogP contribution in [-0.4, -0.2) is 21.7 Å². The van der Waals surface area contributed by atoms with Gasteiger partial charge in [0.15, 0.2) is 11.7 Å². The number of thioether (sulfide) groups is 1. The predicted molar refractivity (Wildman–Crippen MR) is 83.5 cm³/mol. The molecule has 0 saturated carbocycles. The number of aliphatic imine (C=N–C) groups is 1. The molecule has 3 N–H and O–H groups in total. The number of halogens is 2. The molecule has 1 aromatic carbocycles. The lowest BCUT2D eigenvalue weighted by molar-refractivity contribution is 0.158. The second-order valence-electron chi connectivity index (χ2n) is 4.28. The van der Waals surface area contributed by atoms with Crippen LogP contribution in [0.4, 0.5) is 4.79 Å². The summed E-state index contributed by atoms with van der Waals surface area (Å²) < 4.78 is 0. The van der Waals surface area contributed by atoms with E-state index >= 15 is 0 Å². The fourth-order valence-electron chi connectivity index (χ4n) is 1.95. The van der Waals surface area contributed by atoms with Gasteiger partial charge in [0, 0.05) is 23.3 Å². The van der Waals surface area contributed by atoms with Crippen molar-refractivity contribution in [1.82, 2.24) is 15.3 Å². The second kappa shape index (κ2) is 5.86. The summed E-state index contributed by atoms with van der Waals surface area (Å²) in [6, 6.07) is 4.80. The maximum absolute atomic E-state index is 11.6. The molecule has 1 aromatic rings. The van der Waals surface area contributed by atoms with Crippen molar-refractivity contribution in [2.75, 3.05) is 0 Å². The molecule has 0 aromatic heterocycles. The SMILES string of the molecule is NC(=O)N1C(NCc2ccc(Cl)c(Cl)c2)SC2=N[C]=C[N+]21. The third kappa shape index (κ3) is 2.88. The van der Waals surface area contributed by atoms with E-state index in [9.17, 15) is 4.79 Å². The van der Waals surface area contributed by atoms with Gasteiger partial charge < -0.3 is 5.73 Å². The minimum Gasteiger partial charge on any atom is -0.347 e. The standard InChI is InChI=1S/C12H10Cl2N5OS/c13-8-2-1-7(5-9(8)14)6-17-12-19(10(15)20)18-4-3-16-11(18)21-12/h1-2,4-5,12,17H,6H2,(H2,15,20)/q+1. The molecule has 0 aliphatic carbocycles. The van der Waals surface area contributed by atoms with E-state index in [0.717, 1.165) is 5.56 Å². The van der Waals surface area contributed by atoms with Crippen molar-refractivity contribution in [2.45, 2.75) is 12.0 Å². The third-order valence-corrected chi connectivity index (χ3v) is 4.72. The number of hydrogen-bond donors (Lipinski definition) is 2. The number of hydrazine groups is 1. The highest BCUT2D eigenvalue weighted by Gasteiger charge is 2.51. The topological polar surface area (TPSA) is 76.6 Å². The Morgan fingerprint density at radius 1 is 1.52 bits per heavy atom. The summed E-state index contributed by atoms with van der Waals surface area (Å²) in [6.07, 6.45) is 4.24. The molecule has 9 heteroatoms. The Morgan fingerprint density at radius 2 is 2.33 bits per heavy atom. The predicted octanol–water partition coefficient (Wildman–Crippen LogP) is 2.19. The van der Waals surface area contributed by atoms with Gasteiger partial charge in [-0.3, -0.25) is 5.32 Å². The lowest BCUT2D eigenvalue weighted by Gasteiger charge is -2.17. The van der Waals surface area contributed by atoms with E-state index in [4.69, 9.17) is 28.9 Å². The van der Waals surface area contributed by atoms with Gasteiger partial charge in [-0.05, 0) is 17.7 Å². The summed E-state index contributed by atoms with van der Waals surface area (Å²) in [7, 11) is 0. The second-order valence-corrected chi connectivity index (χ2v) is 6.14. The largest absolute Gasteiger partial charge is 0.366 e. The molecule has 2 amide bonds. The fraction of sp³-hybridized carbons (Fsp3) is 0.167. The van der Waals surface area contributed by atoms with Gasteiger partial charge in [0.2, 0.25) is 6.20 Å². The number of primary amides is 1. The number of nitrogens with one attached hydrogen (secondary N) is 1. The zero-order valence-corrected chi connectivity index (χ0v) is 12.9. The number of nitrogens with two attached hydrogens (primary N) is 1. The maximum Gasteiger partial charge on any atom is 0.366 e. The number of rotatable bonds is 3. The van der Waals surface area contributed by atoms with E-state index in [-0.39, 0.29) is 5.50 Å². The van der Waals surface area contributed by atoms with E-state index < -0.39 is 6.03 Å². The Morgan fingerprint density at radius 3 is 3.05 bits per heavy atom. The van der Waals surface area contributed by atoms with Crippen molar-refractivity contribution >= 4 is 46.2 Å². The van der Waals surface area contributed by atoms with Crippen LogP contribution in [0.1, 0.15) is 5.56 Å². The van der Waals surface area contributed by atoms with E-state index in [1.165, 1.54) is 16.8 Å². The Kier molecular flexibility index (Phi) is 4.10. The summed E-state index contributed by atoms with van der Waals surface area (Å²) >= 11 is 13.2. The molecule has 1 saturated heterocycles. The van der Waals surface area contributed by atoms with Crippen LogP contribution >= 0.6 is 35.0 Å². The first kappa shape index (κ1) is 14.7. The Balaban J connectivity index is 1.70. The number of fused-ring (bicyclic) bond motifs is 1. The minimum atomic E-state index is -0.570. The highest BCUT2D eigenvalue weighted by Crippen LogP contribution is 2.30. The summed E-state index contributed by atoms with van der Waals surface area (Å²) in [5, 5.41) is 7.81. The van der Waals surface area contributed by atoms with Gasteiger partial charge >= 0.3 is 11.2 Å². The van der Waals surface area contributed by atoms with E-state index in [1.54, 1.807) is 23.3 Å². The van der Waals surface area contributed by atoms with Gasteiger partial charge in [0.1, 0.15) is 0 Å². The summed E-state index contributed by atoms with van der Waals surface area (Å²) in [5.41, 5.74) is 6.02. The van der Waals surface area contributed by atoms with Gasteiger partial charge in [0.05, 0.1) is 10.0 Å².